The van der Waals surface area contributed by atoms with Gasteiger partial charge in [0.15, 0.2) is 0 Å². The van der Waals surface area contributed by atoms with E-state index in [1.165, 1.54) is 109 Å². The minimum absolute atomic E-state index is 1.14. The maximum Gasteiger partial charge on any atom is 0.112 e. The molecule has 0 aromatic rings. The highest BCUT2D eigenvalue weighted by Crippen LogP contribution is 2.21. The first-order chi connectivity index (χ1) is 12.7. The van der Waals surface area contributed by atoms with Crippen LogP contribution >= 0.6 is 0 Å². The highest BCUT2D eigenvalue weighted by atomic mass is 28.4. The lowest BCUT2D eigenvalue weighted by Gasteiger charge is -2.43. The second-order valence-corrected chi connectivity index (χ2v) is 21.0. The van der Waals surface area contributed by atoms with Gasteiger partial charge in [-0.1, -0.05) is 143 Å². The predicted octanol–water partition coefficient (Wildman–Crippen LogP) is 9.22. The van der Waals surface area contributed by atoms with E-state index in [2.05, 4.69) is 50.4 Å². The molecule has 0 aliphatic heterocycles. The van der Waals surface area contributed by atoms with Crippen molar-refractivity contribution < 1.29 is 0 Å². The van der Waals surface area contributed by atoms with E-state index in [9.17, 15) is 0 Å². The highest BCUT2D eigenvalue weighted by Gasteiger charge is 2.33. The summed E-state index contributed by atoms with van der Waals surface area (Å²) < 4.78 is 2.95. The second kappa shape index (κ2) is 16.2. The molecule has 0 bridgehead atoms. The molecule has 0 spiro atoms. The van der Waals surface area contributed by atoms with E-state index in [0.717, 1.165) is 0 Å². The lowest BCUT2D eigenvalue weighted by molar-refractivity contribution is 0.513. The molecule has 0 atom stereocenters. The molecular weight excluding hydrogens is 358 g/mol. The number of nitrogens with zero attached hydrogens (tertiary/aromatic N) is 1. The molecule has 0 saturated carbocycles. The summed E-state index contributed by atoms with van der Waals surface area (Å²) in [6.45, 7) is 18.8. The standard InChI is InChI=1S/C24H55NSi2/c1-8-9-10-11-12-13-14-15-16-17-18-19-20-21-22-23-24-25(26(2,3)4)27(5,6)7/h8-24H2,1-7H3. The van der Waals surface area contributed by atoms with Crippen LogP contribution in [0.3, 0.4) is 0 Å². The van der Waals surface area contributed by atoms with Crippen LogP contribution in [-0.2, 0) is 0 Å². The maximum atomic E-state index is 2.95. The lowest BCUT2D eigenvalue weighted by Crippen LogP contribution is -2.59. The van der Waals surface area contributed by atoms with Crippen LogP contribution in [-0.4, -0.2) is 27.2 Å². The molecule has 0 fully saturated rings. The molecule has 164 valence electrons. The van der Waals surface area contributed by atoms with E-state index in [1.807, 2.05) is 0 Å². The van der Waals surface area contributed by atoms with Gasteiger partial charge in [-0.05, 0) is 13.0 Å². The van der Waals surface area contributed by atoms with E-state index in [0.29, 0.717) is 0 Å². The Morgan fingerprint density at radius 1 is 0.407 bits per heavy atom. The molecule has 0 heterocycles. The molecule has 1 nitrogen and oxygen atoms in total. The Balaban J connectivity index is 3.40. The molecule has 0 amide bonds. The number of rotatable bonds is 19. The predicted molar refractivity (Wildman–Crippen MR) is 133 cm³/mol. The van der Waals surface area contributed by atoms with Crippen molar-refractivity contribution in [3.05, 3.63) is 0 Å². The topological polar surface area (TPSA) is 3.24 Å². The molecular formula is C24H55NSi2. The van der Waals surface area contributed by atoms with Crippen molar-refractivity contribution in [2.45, 2.75) is 149 Å². The van der Waals surface area contributed by atoms with Gasteiger partial charge in [0.25, 0.3) is 0 Å². The first kappa shape index (κ1) is 27.4. The minimum atomic E-state index is -1.14. The van der Waals surface area contributed by atoms with Crippen LogP contribution in [0.5, 0.6) is 0 Å². The van der Waals surface area contributed by atoms with Crippen molar-refractivity contribution in [2.24, 2.45) is 0 Å². The van der Waals surface area contributed by atoms with E-state index in [-0.39, 0.29) is 0 Å². The quantitative estimate of drug-likeness (QED) is 0.151. The van der Waals surface area contributed by atoms with Gasteiger partial charge in [-0.25, -0.2) is 0 Å². The molecule has 0 aromatic heterocycles. The van der Waals surface area contributed by atoms with Crippen LogP contribution in [0, 0.1) is 0 Å². The van der Waals surface area contributed by atoms with Gasteiger partial charge in [-0.2, -0.15) is 0 Å². The van der Waals surface area contributed by atoms with Gasteiger partial charge in [0.05, 0.1) is 0 Å². The van der Waals surface area contributed by atoms with Gasteiger partial charge in [0.2, 0.25) is 0 Å². The van der Waals surface area contributed by atoms with E-state index < -0.39 is 16.5 Å². The fourth-order valence-electron chi connectivity index (χ4n) is 4.50. The summed E-state index contributed by atoms with van der Waals surface area (Å²) >= 11 is 0. The summed E-state index contributed by atoms with van der Waals surface area (Å²) in [4.78, 5) is 0. The Kier molecular flexibility index (Phi) is 16.5. The Labute approximate surface area is 176 Å². The van der Waals surface area contributed by atoms with Crippen molar-refractivity contribution in [3.63, 3.8) is 0 Å². The summed E-state index contributed by atoms with van der Waals surface area (Å²) in [6.07, 6.45) is 23.4. The van der Waals surface area contributed by atoms with Crippen molar-refractivity contribution in [1.82, 2.24) is 4.23 Å². The van der Waals surface area contributed by atoms with Gasteiger partial charge in [0.1, 0.15) is 16.5 Å². The van der Waals surface area contributed by atoms with Crippen molar-refractivity contribution in [1.29, 1.82) is 0 Å². The fraction of sp³-hybridized carbons (Fsp3) is 1.00. The molecule has 0 unspecified atom stereocenters. The van der Waals surface area contributed by atoms with Gasteiger partial charge in [-0.3, -0.25) is 0 Å². The molecule has 3 heteroatoms. The van der Waals surface area contributed by atoms with Crippen LogP contribution in [0.2, 0.25) is 39.3 Å². The minimum Gasteiger partial charge on any atom is -0.346 e. The average molecular weight is 414 g/mol. The number of hydrogen-bond donors (Lipinski definition) is 0. The van der Waals surface area contributed by atoms with Gasteiger partial charge >= 0.3 is 0 Å². The van der Waals surface area contributed by atoms with E-state index in [1.54, 1.807) is 0 Å². The van der Waals surface area contributed by atoms with Crippen molar-refractivity contribution in [3.8, 4) is 0 Å². The van der Waals surface area contributed by atoms with Gasteiger partial charge in [-0.15, -0.1) is 0 Å². The first-order valence-electron chi connectivity index (χ1n) is 12.5. The van der Waals surface area contributed by atoms with Crippen LogP contribution in [0.1, 0.15) is 110 Å². The molecule has 0 aliphatic rings. The van der Waals surface area contributed by atoms with Crippen LogP contribution in [0.25, 0.3) is 0 Å². The molecule has 0 aromatic carbocycles. The Bertz CT molecular complexity index is 303. The molecule has 0 radical (unpaired) electrons. The largest absolute Gasteiger partial charge is 0.346 e. The molecule has 0 rings (SSSR count). The fourth-order valence-corrected chi connectivity index (χ4v) is 14.2. The molecule has 0 N–H and O–H groups in total. The van der Waals surface area contributed by atoms with Crippen LogP contribution in [0.4, 0.5) is 0 Å². The van der Waals surface area contributed by atoms with Gasteiger partial charge in [0, 0.05) is 0 Å². The number of hydrogen-bond acceptors (Lipinski definition) is 1. The third kappa shape index (κ3) is 17.0. The summed E-state index contributed by atoms with van der Waals surface area (Å²) in [5, 5.41) is 0. The van der Waals surface area contributed by atoms with Crippen LogP contribution in [0.15, 0.2) is 0 Å². The molecule has 0 aliphatic carbocycles. The number of unbranched alkanes of at least 4 members (excludes halogenated alkanes) is 15. The Morgan fingerprint density at radius 2 is 0.667 bits per heavy atom. The van der Waals surface area contributed by atoms with Crippen molar-refractivity contribution >= 4 is 16.5 Å². The molecule has 0 saturated heterocycles. The summed E-state index contributed by atoms with van der Waals surface area (Å²) in [6, 6.07) is 0. The summed E-state index contributed by atoms with van der Waals surface area (Å²) in [5.74, 6) is 0. The average Bonchev–Trinajstić information content (AvgIpc) is 2.55. The normalized spacial score (nSPS) is 12.9. The summed E-state index contributed by atoms with van der Waals surface area (Å²) in [7, 11) is -2.27. The van der Waals surface area contributed by atoms with E-state index >= 15 is 0 Å². The smallest absolute Gasteiger partial charge is 0.112 e. The maximum absolute atomic E-state index is 2.95. The third-order valence-electron chi connectivity index (χ3n) is 5.85. The molecule has 27 heavy (non-hydrogen) atoms. The summed E-state index contributed by atoms with van der Waals surface area (Å²) in [5.41, 5.74) is 0. The van der Waals surface area contributed by atoms with Crippen molar-refractivity contribution in [2.75, 3.05) is 6.54 Å². The zero-order valence-electron chi connectivity index (χ0n) is 20.5. The first-order valence-corrected chi connectivity index (χ1v) is 19.4. The monoisotopic (exact) mass is 413 g/mol. The van der Waals surface area contributed by atoms with Crippen LogP contribution < -0.4 is 0 Å². The Morgan fingerprint density at radius 3 is 0.926 bits per heavy atom. The zero-order valence-corrected chi connectivity index (χ0v) is 22.5. The van der Waals surface area contributed by atoms with Gasteiger partial charge < -0.3 is 4.23 Å². The lowest BCUT2D eigenvalue weighted by atomic mass is 10.0. The second-order valence-electron chi connectivity index (χ2n) is 10.8. The van der Waals surface area contributed by atoms with E-state index in [4.69, 9.17) is 0 Å². The highest BCUT2D eigenvalue weighted by molar-refractivity contribution is 6.89. The SMILES string of the molecule is CCCCCCCCCCCCCCCCCCN([Si](C)(C)C)[Si](C)(C)C. The zero-order chi connectivity index (χ0) is 20.6. The Hall–Kier alpha value is 0.394. The third-order valence-corrected chi connectivity index (χ3v) is 13.6.